The standard InChI is InChI=1S/C52H30O2/c1-2-11-32-28-36(21-20-31(32)10-1)50-41-17-5-3-15-39(41)49(40-16-4-6-18-42(40)50)35-13-9-12-33(29-35)34-22-23-38-44-25-27-45-46(52(44)54-48(38)30-34)26-24-43-37-14-7-8-19-47(37)53-51(43)45/h1-30H. The third kappa shape index (κ3) is 4.22. The molecule has 2 nitrogen and oxygen atoms in total. The fraction of sp³-hybridized carbons (Fsp3) is 0. The minimum atomic E-state index is 0.876. The van der Waals surface area contributed by atoms with Gasteiger partial charge in [0, 0.05) is 32.3 Å². The third-order valence-corrected chi connectivity index (χ3v) is 11.4. The highest BCUT2D eigenvalue weighted by Gasteiger charge is 2.19. The van der Waals surface area contributed by atoms with Crippen molar-refractivity contribution in [3.63, 3.8) is 0 Å². The lowest BCUT2D eigenvalue weighted by Crippen LogP contribution is -1.91. The predicted molar refractivity (Wildman–Crippen MR) is 227 cm³/mol. The van der Waals surface area contributed by atoms with Crippen LogP contribution in [-0.2, 0) is 0 Å². The number of furan rings is 2. The quantitative estimate of drug-likeness (QED) is 0.173. The highest BCUT2D eigenvalue weighted by molar-refractivity contribution is 6.24. The molecule has 0 amide bonds. The van der Waals surface area contributed by atoms with E-state index in [4.69, 9.17) is 8.83 Å². The molecule has 0 spiro atoms. The summed E-state index contributed by atoms with van der Waals surface area (Å²) in [6.07, 6.45) is 0. The number of hydrogen-bond donors (Lipinski definition) is 0. The summed E-state index contributed by atoms with van der Waals surface area (Å²) < 4.78 is 13.1. The van der Waals surface area contributed by atoms with E-state index >= 15 is 0 Å². The molecule has 0 atom stereocenters. The molecule has 0 fully saturated rings. The topological polar surface area (TPSA) is 26.3 Å². The number of hydrogen-bond acceptors (Lipinski definition) is 2. The first-order valence-electron chi connectivity index (χ1n) is 18.5. The summed E-state index contributed by atoms with van der Waals surface area (Å²) in [4.78, 5) is 0. The van der Waals surface area contributed by atoms with Gasteiger partial charge in [0.2, 0.25) is 0 Å². The molecule has 0 unspecified atom stereocenters. The molecule has 0 aliphatic rings. The molecule has 0 bridgehead atoms. The molecule has 250 valence electrons. The maximum atomic E-state index is 6.72. The lowest BCUT2D eigenvalue weighted by atomic mass is 9.85. The summed E-state index contributed by atoms with van der Waals surface area (Å²) in [6, 6.07) is 65.7. The van der Waals surface area contributed by atoms with Crippen molar-refractivity contribution < 1.29 is 8.83 Å². The average Bonchev–Trinajstić information content (AvgIpc) is 3.81. The maximum Gasteiger partial charge on any atom is 0.143 e. The molecule has 0 saturated carbocycles. The van der Waals surface area contributed by atoms with Gasteiger partial charge in [-0.25, -0.2) is 0 Å². The van der Waals surface area contributed by atoms with E-state index in [0.29, 0.717) is 0 Å². The van der Waals surface area contributed by atoms with Gasteiger partial charge in [0.25, 0.3) is 0 Å². The van der Waals surface area contributed by atoms with Crippen LogP contribution in [0, 0.1) is 0 Å². The van der Waals surface area contributed by atoms with Crippen LogP contribution < -0.4 is 0 Å². The molecule has 54 heavy (non-hydrogen) atoms. The molecule has 0 aliphatic heterocycles. The summed E-state index contributed by atoms with van der Waals surface area (Å²) in [7, 11) is 0. The van der Waals surface area contributed by atoms with Gasteiger partial charge in [-0.2, -0.15) is 0 Å². The Bertz CT molecular complexity index is 3450. The molecule has 0 radical (unpaired) electrons. The molecule has 2 heteroatoms. The largest absolute Gasteiger partial charge is 0.455 e. The zero-order valence-electron chi connectivity index (χ0n) is 29.1. The van der Waals surface area contributed by atoms with Crippen LogP contribution in [0.15, 0.2) is 191 Å². The van der Waals surface area contributed by atoms with Crippen LogP contribution >= 0.6 is 0 Å². The number of benzene rings is 10. The molecule has 2 heterocycles. The van der Waals surface area contributed by atoms with E-state index < -0.39 is 0 Å². The van der Waals surface area contributed by atoms with E-state index in [-0.39, 0.29) is 0 Å². The van der Waals surface area contributed by atoms with Crippen molar-refractivity contribution in [1.82, 2.24) is 0 Å². The van der Waals surface area contributed by atoms with Crippen molar-refractivity contribution in [2.75, 3.05) is 0 Å². The van der Waals surface area contributed by atoms with Crippen LogP contribution in [0.5, 0.6) is 0 Å². The fourth-order valence-corrected chi connectivity index (χ4v) is 8.95. The smallest absolute Gasteiger partial charge is 0.143 e. The second-order valence-corrected chi connectivity index (χ2v) is 14.4. The normalized spacial score (nSPS) is 12.1. The lowest BCUT2D eigenvalue weighted by molar-refractivity contribution is 0.669. The minimum absolute atomic E-state index is 0.876. The Kier molecular flexibility index (Phi) is 6.09. The molecule has 0 saturated heterocycles. The monoisotopic (exact) mass is 686 g/mol. The van der Waals surface area contributed by atoms with Crippen molar-refractivity contribution in [3.8, 4) is 33.4 Å². The fourth-order valence-electron chi connectivity index (χ4n) is 8.95. The van der Waals surface area contributed by atoms with Crippen LogP contribution in [0.1, 0.15) is 0 Å². The summed E-state index contributed by atoms with van der Waals surface area (Å²) in [5, 5.41) is 14.1. The molecule has 12 aromatic rings. The van der Waals surface area contributed by atoms with Gasteiger partial charge in [0.05, 0.1) is 0 Å². The summed E-state index contributed by atoms with van der Waals surface area (Å²) in [5.74, 6) is 0. The van der Waals surface area contributed by atoms with Gasteiger partial charge in [0.15, 0.2) is 0 Å². The van der Waals surface area contributed by atoms with Crippen LogP contribution in [-0.4, -0.2) is 0 Å². The van der Waals surface area contributed by atoms with Crippen molar-refractivity contribution in [2.45, 2.75) is 0 Å². The van der Waals surface area contributed by atoms with E-state index in [9.17, 15) is 0 Å². The van der Waals surface area contributed by atoms with Crippen LogP contribution in [0.3, 0.4) is 0 Å². The third-order valence-electron chi connectivity index (χ3n) is 11.4. The van der Waals surface area contributed by atoms with E-state index in [2.05, 4.69) is 170 Å². The minimum Gasteiger partial charge on any atom is -0.455 e. The van der Waals surface area contributed by atoms with E-state index in [1.54, 1.807) is 0 Å². The molecule has 2 aromatic heterocycles. The van der Waals surface area contributed by atoms with Crippen molar-refractivity contribution in [3.05, 3.63) is 182 Å². The number of rotatable bonds is 3. The Hall–Kier alpha value is -7.16. The van der Waals surface area contributed by atoms with E-state index in [1.807, 2.05) is 12.1 Å². The molecular formula is C52H30O2. The molecule has 10 aromatic carbocycles. The van der Waals surface area contributed by atoms with Crippen molar-refractivity contribution in [1.29, 1.82) is 0 Å². The number of fused-ring (bicyclic) bond motifs is 12. The zero-order valence-corrected chi connectivity index (χ0v) is 29.1. The maximum absolute atomic E-state index is 6.72. The van der Waals surface area contributed by atoms with Gasteiger partial charge in [-0.3, -0.25) is 0 Å². The Morgan fingerprint density at radius 1 is 0.241 bits per heavy atom. The Morgan fingerprint density at radius 3 is 1.35 bits per heavy atom. The van der Waals surface area contributed by atoms with Crippen LogP contribution in [0.4, 0.5) is 0 Å². The van der Waals surface area contributed by atoms with Gasteiger partial charge < -0.3 is 8.83 Å². The van der Waals surface area contributed by atoms with Gasteiger partial charge in [-0.15, -0.1) is 0 Å². The SMILES string of the molecule is c1cc(-c2ccc3c(c2)oc2c3ccc3c2ccc2c4ccccc4oc23)cc(-c2c3ccccc3c(-c3ccc4ccccc4c3)c3ccccc23)c1. The summed E-state index contributed by atoms with van der Waals surface area (Å²) >= 11 is 0. The van der Waals surface area contributed by atoms with Crippen molar-refractivity contribution in [2.24, 2.45) is 0 Å². The van der Waals surface area contributed by atoms with Gasteiger partial charge >= 0.3 is 0 Å². The van der Waals surface area contributed by atoms with E-state index in [0.717, 1.165) is 65.8 Å². The first-order chi connectivity index (χ1) is 26.8. The highest BCUT2D eigenvalue weighted by Crippen LogP contribution is 2.45. The van der Waals surface area contributed by atoms with Crippen LogP contribution in [0.25, 0.3) is 120 Å². The summed E-state index contributed by atoms with van der Waals surface area (Å²) in [5.41, 5.74) is 10.8. The molecule has 12 rings (SSSR count). The Morgan fingerprint density at radius 2 is 0.685 bits per heavy atom. The van der Waals surface area contributed by atoms with Gasteiger partial charge in [-0.05, 0) is 120 Å². The van der Waals surface area contributed by atoms with Gasteiger partial charge in [0.1, 0.15) is 22.3 Å². The second kappa shape index (κ2) is 11.2. The van der Waals surface area contributed by atoms with Crippen LogP contribution in [0.2, 0.25) is 0 Å². The van der Waals surface area contributed by atoms with Crippen molar-refractivity contribution >= 4 is 87.0 Å². The zero-order chi connectivity index (χ0) is 35.3. The number of para-hydroxylation sites is 1. The molecule has 0 N–H and O–H groups in total. The molecule has 0 aliphatic carbocycles. The highest BCUT2D eigenvalue weighted by atomic mass is 16.3. The second-order valence-electron chi connectivity index (χ2n) is 14.4. The van der Waals surface area contributed by atoms with Gasteiger partial charge in [-0.1, -0.05) is 127 Å². The lowest BCUT2D eigenvalue weighted by Gasteiger charge is -2.18. The van der Waals surface area contributed by atoms with E-state index in [1.165, 1.54) is 54.6 Å². The Balaban J connectivity index is 1.02. The molecular weight excluding hydrogens is 657 g/mol. The summed E-state index contributed by atoms with van der Waals surface area (Å²) in [6.45, 7) is 0. The first-order valence-corrected chi connectivity index (χ1v) is 18.5. The average molecular weight is 687 g/mol. The Labute approximate surface area is 310 Å². The first kappa shape index (κ1) is 29.4. The predicted octanol–water partition coefficient (Wildman–Crippen LogP) is 15.1.